The van der Waals surface area contributed by atoms with E-state index in [-0.39, 0.29) is 11.6 Å². The fourth-order valence-electron chi connectivity index (χ4n) is 2.33. The van der Waals surface area contributed by atoms with Crippen molar-refractivity contribution >= 4 is 17.4 Å². The van der Waals surface area contributed by atoms with E-state index in [4.69, 9.17) is 0 Å². The SMILES string of the molecule is Fc1cc(F)c(NCC2CSc3ccccc32)c(F)c1. The molecule has 2 aromatic carbocycles. The van der Waals surface area contributed by atoms with Crippen LogP contribution in [0.2, 0.25) is 0 Å². The van der Waals surface area contributed by atoms with E-state index in [9.17, 15) is 13.2 Å². The van der Waals surface area contributed by atoms with Gasteiger partial charge >= 0.3 is 0 Å². The molecule has 3 rings (SSSR count). The van der Waals surface area contributed by atoms with Gasteiger partial charge in [0.05, 0.1) is 0 Å². The highest BCUT2D eigenvalue weighted by Gasteiger charge is 2.23. The molecule has 1 heterocycles. The van der Waals surface area contributed by atoms with Gasteiger partial charge < -0.3 is 5.32 Å². The minimum absolute atomic E-state index is 0.194. The maximum atomic E-state index is 13.5. The highest BCUT2D eigenvalue weighted by molar-refractivity contribution is 7.99. The molecule has 0 saturated heterocycles. The predicted octanol–water partition coefficient (Wildman–Crippen LogP) is 4.41. The van der Waals surface area contributed by atoms with Gasteiger partial charge in [0.2, 0.25) is 0 Å². The largest absolute Gasteiger partial charge is 0.380 e. The van der Waals surface area contributed by atoms with Crippen molar-refractivity contribution in [1.82, 2.24) is 0 Å². The molecule has 1 aliphatic heterocycles. The van der Waals surface area contributed by atoms with Crippen molar-refractivity contribution in [3.63, 3.8) is 0 Å². The maximum Gasteiger partial charge on any atom is 0.152 e. The lowest BCUT2D eigenvalue weighted by Crippen LogP contribution is -2.14. The summed E-state index contributed by atoms with van der Waals surface area (Å²) < 4.78 is 39.9. The minimum Gasteiger partial charge on any atom is -0.380 e. The van der Waals surface area contributed by atoms with E-state index < -0.39 is 17.5 Å². The predicted molar refractivity (Wildman–Crippen MR) is 74.7 cm³/mol. The molecule has 0 aliphatic carbocycles. The van der Waals surface area contributed by atoms with Crippen molar-refractivity contribution in [1.29, 1.82) is 0 Å². The van der Waals surface area contributed by atoms with Crippen LogP contribution in [0.4, 0.5) is 18.9 Å². The van der Waals surface area contributed by atoms with Gasteiger partial charge in [-0.25, -0.2) is 13.2 Å². The first kappa shape index (κ1) is 13.4. The second kappa shape index (κ2) is 5.40. The molecular weight excluding hydrogens is 283 g/mol. The van der Waals surface area contributed by atoms with Gasteiger partial charge in [-0.15, -0.1) is 11.8 Å². The number of thioether (sulfide) groups is 1. The standard InChI is InChI=1S/C15H12F3NS/c16-10-5-12(17)15(13(18)6-10)19-7-9-8-20-14-4-2-1-3-11(9)14/h1-6,9,19H,7-8H2. The molecule has 20 heavy (non-hydrogen) atoms. The average Bonchev–Trinajstić information content (AvgIpc) is 2.81. The molecule has 0 amide bonds. The molecule has 1 unspecified atom stereocenters. The van der Waals surface area contributed by atoms with Crippen molar-refractivity contribution < 1.29 is 13.2 Å². The van der Waals surface area contributed by atoms with Crippen LogP contribution in [0.25, 0.3) is 0 Å². The van der Waals surface area contributed by atoms with Crippen molar-refractivity contribution in [2.24, 2.45) is 0 Å². The molecule has 1 aliphatic rings. The van der Waals surface area contributed by atoms with E-state index in [0.29, 0.717) is 18.7 Å². The van der Waals surface area contributed by atoms with Gasteiger partial charge in [0.25, 0.3) is 0 Å². The van der Waals surface area contributed by atoms with E-state index in [1.807, 2.05) is 24.3 Å². The summed E-state index contributed by atoms with van der Waals surface area (Å²) in [6.45, 7) is 0.420. The number of rotatable bonds is 3. The molecule has 0 spiro atoms. The third-order valence-electron chi connectivity index (χ3n) is 3.33. The lowest BCUT2D eigenvalue weighted by Gasteiger charge is -2.14. The van der Waals surface area contributed by atoms with Crippen molar-refractivity contribution in [2.75, 3.05) is 17.6 Å². The van der Waals surface area contributed by atoms with Crippen LogP contribution in [0.1, 0.15) is 11.5 Å². The first-order chi connectivity index (χ1) is 9.65. The number of benzene rings is 2. The molecule has 5 heteroatoms. The summed E-state index contributed by atoms with van der Waals surface area (Å²) in [5, 5.41) is 2.76. The summed E-state index contributed by atoms with van der Waals surface area (Å²) in [6, 6.07) is 9.36. The molecule has 0 radical (unpaired) electrons. The molecule has 1 N–H and O–H groups in total. The lowest BCUT2D eigenvalue weighted by atomic mass is 10.0. The number of anilines is 1. The van der Waals surface area contributed by atoms with E-state index in [2.05, 4.69) is 5.32 Å². The zero-order valence-electron chi connectivity index (χ0n) is 10.5. The first-order valence-corrected chi connectivity index (χ1v) is 7.24. The topological polar surface area (TPSA) is 12.0 Å². The fraction of sp³-hybridized carbons (Fsp3) is 0.200. The summed E-state index contributed by atoms with van der Waals surface area (Å²) in [5.41, 5.74) is 0.925. The molecule has 0 aromatic heterocycles. The molecule has 0 bridgehead atoms. The van der Waals surface area contributed by atoms with E-state index in [0.717, 1.165) is 5.75 Å². The zero-order valence-corrected chi connectivity index (χ0v) is 11.3. The molecule has 1 nitrogen and oxygen atoms in total. The molecular formula is C15H12F3NS. The van der Waals surface area contributed by atoms with Gasteiger partial charge in [-0.1, -0.05) is 18.2 Å². The van der Waals surface area contributed by atoms with Crippen molar-refractivity contribution in [3.8, 4) is 0 Å². The Labute approximate surface area is 119 Å². The van der Waals surface area contributed by atoms with Crippen LogP contribution in [0.3, 0.4) is 0 Å². The van der Waals surface area contributed by atoms with Gasteiger partial charge in [0.15, 0.2) is 11.6 Å². The normalized spacial score (nSPS) is 17.1. The number of hydrogen-bond donors (Lipinski definition) is 1. The second-order valence-electron chi connectivity index (χ2n) is 4.67. The van der Waals surface area contributed by atoms with Gasteiger partial charge in [0, 0.05) is 35.2 Å². The summed E-state index contributed by atoms with van der Waals surface area (Å²) in [4.78, 5) is 1.21. The Morgan fingerprint density at radius 3 is 2.55 bits per heavy atom. The second-order valence-corrected chi connectivity index (χ2v) is 5.73. The summed E-state index contributed by atoms with van der Waals surface area (Å²) >= 11 is 1.73. The number of fused-ring (bicyclic) bond motifs is 1. The Kier molecular flexibility index (Phi) is 3.61. The minimum atomic E-state index is -0.910. The van der Waals surface area contributed by atoms with Crippen LogP contribution in [0, 0.1) is 17.5 Å². The quantitative estimate of drug-likeness (QED) is 0.900. The first-order valence-electron chi connectivity index (χ1n) is 6.25. The van der Waals surface area contributed by atoms with Crippen LogP contribution in [-0.4, -0.2) is 12.3 Å². The van der Waals surface area contributed by atoms with Gasteiger partial charge in [0.1, 0.15) is 11.5 Å². The van der Waals surface area contributed by atoms with Gasteiger partial charge in [-0.3, -0.25) is 0 Å². The van der Waals surface area contributed by atoms with Gasteiger partial charge in [-0.2, -0.15) is 0 Å². The Balaban J connectivity index is 1.76. The smallest absolute Gasteiger partial charge is 0.152 e. The average molecular weight is 295 g/mol. The Bertz CT molecular complexity index is 622. The third kappa shape index (κ3) is 2.50. The van der Waals surface area contributed by atoms with Crippen LogP contribution < -0.4 is 5.32 Å². The summed E-state index contributed by atoms with van der Waals surface area (Å²) in [5.74, 6) is -1.65. The van der Waals surface area contributed by atoms with E-state index >= 15 is 0 Å². The van der Waals surface area contributed by atoms with Crippen LogP contribution in [-0.2, 0) is 0 Å². The third-order valence-corrected chi connectivity index (χ3v) is 4.58. The fourth-order valence-corrected chi connectivity index (χ4v) is 3.59. The molecule has 0 saturated carbocycles. The van der Waals surface area contributed by atoms with Crippen LogP contribution >= 0.6 is 11.8 Å². The Morgan fingerprint density at radius 2 is 1.80 bits per heavy atom. The summed E-state index contributed by atoms with van der Waals surface area (Å²) in [7, 11) is 0. The van der Waals surface area contributed by atoms with Crippen molar-refractivity contribution in [3.05, 3.63) is 59.4 Å². The number of hydrogen-bond acceptors (Lipinski definition) is 2. The van der Waals surface area contributed by atoms with Crippen LogP contribution in [0.5, 0.6) is 0 Å². The number of nitrogens with one attached hydrogen (secondary N) is 1. The monoisotopic (exact) mass is 295 g/mol. The van der Waals surface area contributed by atoms with Gasteiger partial charge in [-0.05, 0) is 11.6 Å². The molecule has 104 valence electrons. The highest BCUT2D eigenvalue weighted by Crippen LogP contribution is 2.39. The Morgan fingerprint density at radius 1 is 1.10 bits per heavy atom. The maximum absolute atomic E-state index is 13.5. The summed E-state index contributed by atoms with van der Waals surface area (Å²) in [6.07, 6.45) is 0. The van der Waals surface area contributed by atoms with Crippen LogP contribution in [0.15, 0.2) is 41.3 Å². The Hall–Kier alpha value is -1.62. The van der Waals surface area contributed by atoms with E-state index in [1.54, 1.807) is 11.8 Å². The molecule has 1 atom stereocenters. The molecule has 0 fully saturated rings. The van der Waals surface area contributed by atoms with E-state index in [1.165, 1.54) is 10.5 Å². The number of halogens is 3. The lowest BCUT2D eigenvalue weighted by molar-refractivity contribution is 0.546. The van der Waals surface area contributed by atoms with Crippen molar-refractivity contribution in [2.45, 2.75) is 10.8 Å². The highest BCUT2D eigenvalue weighted by atomic mass is 32.2. The zero-order chi connectivity index (χ0) is 14.1. The molecule has 2 aromatic rings.